The number of aliphatic carboxylic acids is 1. The first kappa shape index (κ1) is 40.2. The van der Waals surface area contributed by atoms with E-state index in [0.29, 0.717) is 0 Å². The van der Waals surface area contributed by atoms with Crippen LogP contribution in [0.1, 0.15) is 81.7 Å². The van der Waals surface area contributed by atoms with Gasteiger partial charge in [0.05, 0.1) is 6.04 Å². The van der Waals surface area contributed by atoms with Gasteiger partial charge in [-0.1, -0.05) is 91.8 Å². The quantitative estimate of drug-likeness (QED) is 0.302. The molecule has 1 rings (SSSR count). The highest BCUT2D eigenvalue weighted by Gasteiger charge is 2.42. The van der Waals surface area contributed by atoms with Crippen LogP contribution in [0.4, 0.5) is 0 Å². The second-order valence-electron chi connectivity index (χ2n) is 8.97. The van der Waals surface area contributed by atoms with E-state index in [1.165, 1.54) is 29.7 Å². The second-order valence-corrected chi connectivity index (χ2v) is 10.4. The normalized spacial score (nSPS) is 12.6. The predicted molar refractivity (Wildman–Crippen MR) is 165 cm³/mol. The Labute approximate surface area is 237 Å². The Morgan fingerprint density at radius 3 is 1.84 bits per heavy atom. The van der Waals surface area contributed by atoms with E-state index >= 15 is 0 Å². The Kier molecular flexibility index (Phi) is 21.8. The Bertz CT molecular complexity index is 839. The van der Waals surface area contributed by atoms with Crippen molar-refractivity contribution in [3.8, 4) is 0 Å². The van der Waals surface area contributed by atoms with Gasteiger partial charge in [0, 0.05) is 29.3 Å². The third-order valence-electron chi connectivity index (χ3n) is 5.93. The zero-order chi connectivity index (χ0) is 30.7. The van der Waals surface area contributed by atoms with Crippen LogP contribution in [0.15, 0.2) is 42.0 Å². The molecule has 8 heteroatoms. The smallest absolute Gasteiger partial charge is 0.331 e. The Hall–Kier alpha value is -2.32. The Morgan fingerprint density at radius 2 is 1.45 bits per heavy atom. The minimum absolute atomic E-state index is 0.138. The van der Waals surface area contributed by atoms with Gasteiger partial charge in [-0.05, 0) is 39.6 Å². The van der Waals surface area contributed by atoms with Crippen molar-refractivity contribution >= 4 is 29.5 Å². The van der Waals surface area contributed by atoms with Crippen molar-refractivity contribution in [1.29, 1.82) is 0 Å². The van der Waals surface area contributed by atoms with Crippen molar-refractivity contribution in [3.63, 3.8) is 0 Å². The molecule has 0 aliphatic rings. The molecule has 3 N–H and O–H groups in total. The van der Waals surface area contributed by atoms with Gasteiger partial charge in [-0.15, -0.1) is 0 Å². The Balaban J connectivity index is -0.00000190. The molecule has 2 amide bonds. The number of hydrogen-bond donors (Lipinski definition) is 3. The molecule has 0 saturated carbocycles. The zero-order valence-electron chi connectivity index (χ0n) is 26.4. The van der Waals surface area contributed by atoms with E-state index in [1.54, 1.807) is 14.1 Å². The zero-order valence-corrected chi connectivity index (χ0v) is 27.2. The first-order valence-electron chi connectivity index (χ1n) is 13.5. The summed E-state index contributed by atoms with van der Waals surface area (Å²) < 4.78 is -0.582. The van der Waals surface area contributed by atoms with Gasteiger partial charge in [0.2, 0.25) is 11.8 Å². The van der Waals surface area contributed by atoms with Crippen LogP contribution in [-0.2, 0) is 19.8 Å². The number of carboxylic acid groups (broad SMARTS) is 1. The lowest BCUT2D eigenvalue weighted by molar-refractivity contribution is -0.136. The van der Waals surface area contributed by atoms with Gasteiger partial charge in [0.1, 0.15) is 6.04 Å². The van der Waals surface area contributed by atoms with E-state index in [2.05, 4.69) is 10.6 Å². The van der Waals surface area contributed by atoms with Gasteiger partial charge < -0.3 is 20.6 Å². The van der Waals surface area contributed by atoms with Crippen LogP contribution in [0.2, 0.25) is 0 Å². The standard InChI is InChI=1S/C24H37N3O4S.3C2H6/c1-16(22(30)31)14-15-27(7)21(29)19(24(4,5)32-8)26-20(28)18(25-6)23(2,3)17-12-10-9-11-13-17;3*1-2/h9-14,18-19,25H,15H2,1-8H3,(H,26,28)(H,30,31);3*1-2H3/b16-14+;;;. The van der Waals surface area contributed by atoms with Crippen LogP contribution in [0.5, 0.6) is 0 Å². The maximum Gasteiger partial charge on any atom is 0.331 e. The number of carboxylic acids is 1. The van der Waals surface area contributed by atoms with Crippen LogP contribution in [-0.4, -0.2) is 71.5 Å². The minimum Gasteiger partial charge on any atom is -0.478 e. The lowest BCUT2D eigenvalue weighted by Crippen LogP contribution is -2.62. The molecule has 0 radical (unpaired) electrons. The average Bonchev–Trinajstić information content (AvgIpc) is 2.93. The van der Waals surface area contributed by atoms with Gasteiger partial charge in [-0.25, -0.2) is 4.79 Å². The number of benzene rings is 1. The molecular weight excluding hydrogens is 498 g/mol. The maximum absolute atomic E-state index is 13.4. The molecule has 220 valence electrons. The molecule has 2 atom stereocenters. The van der Waals surface area contributed by atoms with E-state index in [1.807, 2.05) is 106 Å². The lowest BCUT2D eigenvalue weighted by atomic mass is 9.77. The number of rotatable bonds is 11. The molecule has 7 nitrogen and oxygen atoms in total. The molecule has 1 aromatic carbocycles. The van der Waals surface area contributed by atoms with Gasteiger partial charge in [-0.2, -0.15) is 11.8 Å². The molecule has 1 aromatic rings. The highest BCUT2D eigenvalue weighted by molar-refractivity contribution is 8.00. The first-order valence-corrected chi connectivity index (χ1v) is 14.7. The summed E-state index contributed by atoms with van der Waals surface area (Å²) in [5.74, 6) is -1.58. The second kappa shape index (κ2) is 20.6. The number of thioether (sulfide) groups is 1. The van der Waals surface area contributed by atoms with E-state index in [0.717, 1.165) is 5.56 Å². The van der Waals surface area contributed by atoms with E-state index in [9.17, 15) is 14.4 Å². The topological polar surface area (TPSA) is 98.7 Å². The highest BCUT2D eigenvalue weighted by Crippen LogP contribution is 2.30. The average molecular weight is 554 g/mol. The van der Waals surface area contributed by atoms with Crippen LogP contribution in [0, 0.1) is 0 Å². The number of amides is 2. The summed E-state index contributed by atoms with van der Waals surface area (Å²) in [6.45, 7) is 21.4. The van der Waals surface area contributed by atoms with Crippen molar-refractivity contribution in [2.75, 3.05) is 26.9 Å². The molecule has 0 aromatic heterocycles. The molecule has 0 bridgehead atoms. The Morgan fingerprint density at radius 1 is 0.974 bits per heavy atom. The van der Waals surface area contributed by atoms with Crippen LogP contribution in [0.25, 0.3) is 0 Å². The fraction of sp³-hybridized carbons (Fsp3) is 0.633. The van der Waals surface area contributed by atoms with Crippen molar-refractivity contribution in [2.24, 2.45) is 0 Å². The first-order chi connectivity index (χ1) is 17.8. The summed E-state index contributed by atoms with van der Waals surface area (Å²) in [5, 5.41) is 15.1. The molecule has 0 fully saturated rings. The number of likely N-dealkylation sites (N-methyl/N-ethyl adjacent to an activating group) is 2. The van der Waals surface area contributed by atoms with Gasteiger partial charge in [-0.3, -0.25) is 9.59 Å². The summed E-state index contributed by atoms with van der Waals surface area (Å²) in [6, 6.07) is 8.40. The molecule has 0 aliphatic carbocycles. The van der Waals surface area contributed by atoms with Crippen LogP contribution < -0.4 is 10.6 Å². The third-order valence-corrected chi connectivity index (χ3v) is 7.22. The molecular formula is C30H55N3O4S. The lowest BCUT2D eigenvalue weighted by Gasteiger charge is -2.38. The van der Waals surface area contributed by atoms with E-state index < -0.39 is 28.2 Å². The minimum atomic E-state index is -1.03. The van der Waals surface area contributed by atoms with E-state index in [-0.39, 0.29) is 23.9 Å². The maximum atomic E-state index is 13.4. The predicted octanol–water partition coefficient (Wildman–Crippen LogP) is 5.75. The van der Waals surface area contributed by atoms with Crippen molar-refractivity contribution in [3.05, 3.63) is 47.5 Å². The molecule has 0 spiro atoms. The van der Waals surface area contributed by atoms with Gasteiger partial charge >= 0.3 is 5.97 Å². The largest absolute Gasteiger partial charge is 0.478 e. The SMILES string of the molecule is CC.CC.CC.CNC(C(=O)NC(C(=O)N(C)C/C=C(\C)C(=O)O)C(C)(C)SC)C(C)(C)c1ccccc1. The van der Waals surface area contributed by atoms with E-state index in [4.69, 9.17) is 5.11 Å². The summed E-state index contributed by atoms with van der Waals surface area (Å²) in [5.41, 5.74) is 0.645. The number of nitrogens with one attached hydrogen (secondary N) is 2. The summed E-state index contributed by atoms with van der Waals surface area (Å²) in [6.07, 6.45) is 3.38. The highest BCUT2D eigenvalue weighted by atomic mass is 32.2. The summed E-state index contributed by atoms with van der Waals surface area (Å²) >= 11 is 1.48. The van der Waals surface area contributed by atoms with Crippen molar-refractivity contribution < 1.29 is 19.5 Å². The van der Waals surface area contributed by atoms with Gasteiger partial charge in [0.25, 0.3) is 0 Å². The fourth-order valence-electron chi connectivity index (χ4n) is 3.40. The molecule has 0 heterocycles. The summed E-state index contributed by atoms with van der Waals surface area (Å²) in [4.78, 5) is 39.2. The fourth-order valence-corrected chi connectivity index (χ4v) is 3.80. The molecule has 2 unspecified atom stereocenters. The molecule has 38 heavy (non-hydrogen) atoms. The van der Waals surface area contributed by atoms with Crippen molar-refractivity contribution in [2.45, 2.75) is 98.4 Å². The van der Waals surface area contributed by atoms with Crippen molar-refractivity contribution in [1.82, 2.24) is 15.5 Å². The van der Waals surface area contributed by atoms with Crippen LogP contribution in [0.3, 0.4) is 0 Å². The van der Waals surface area contributed by atoms with Crippen LogP contribution >= 0.6 is 11.8 Å². The van der Waals surface area contributed by atoms with Gasteiger partial charge in [0.15, 0.2) is 0 Å². The summed E-state index contributed by atoms with van der Waals surface area (Å²) in [7, 11) is 3.34. The number of nitrogens with zero attached hydrogens (tertiary/aromatic N) is 1. The number of carbonyl (C=O) groups is 3. The molecule has 0 aliphatic heterocycles. The number of carbonyl (C=O) groups excluding carboxylic acids is 2. The number of hydrogen-bond acceptors (Lipinski definition) is 5. The monoisotopic (exact) mass is 553 g/mol. The molecule has 0 saturated heterocycles. The third kappa shape index (κ3) is 12.5.